The number of amides is 1. The average molecular weight is 1100 g/mol. The highest BCUT2D eigenvalue weighted by atomic mass is 16.7. The van der Waals surface area contributed by atoms with Crippen molar-refractivity contribution in [2.45, 2.75) is 282 Å². The van der Waals surface area contributed by atoms with Crippen molar-refractivity contribution in [2.75, 3.05) is 13.2 Å². The Bertz CT molecular complexity index is 1740. The second-order valence-electron chi connectivity index (χ2n) is 21.1. The van der Waals surface area contributed by atoms with Gasteiger partial charge in [-0.2, -0.15) is 0 Å². The summed E-state index contributed by atoms with van der Waals surface area (Å²) in [5.41, 5.74) is 0. The summed E-state index contributed by atoms with van der Waals surface area (Å²) in [6, 6.07) is -1.05. The summed E-state index contributed by atoms with van der Waals surface area (Å²) >= 11 is 0. The predicted molar refractivity (Wildman–Crippen MR) is 328 cm³/mol. The van der Waals surface area contributed by atoms with Crippen molar-refractivity contribution in [3.05, 3.63) is 122 Å². The molecule has 1 aliphatic rings. The van der Waals surface area contributed by atoms with Crippen molar-refractivity contribution in [1.82, 2.24) is 5.32 Å². The van der Waals surface area contributed by atoms with Crippen LogP contribution in [0.3, 0.4) is 0 Å². The summed E-state index contributed by atoms with van der Waals surface area (Å²) in [5, 5.41) is 57.0. The smallest absolute Gasteiger partial charge is 0.306 e. The van der Waals surface area contributed by atoms with E-state index in [2.05, 4.69) is 99.0 Å². The van der Waals surface area contributed by atoms with Crippen LogP contribution in [0.25, 0.3) is 0 Å². The molecule has 0 bridgehead atoms. The van der Waals surface area contributed by atoms with Gasteiger partial charge in [-0.25, -0.2) is 0 Å². The van der Waals surface area contributed by atoms with Gasteiger partial charge in [-0.05, 0) is 89.9 Å². The van der Waals surface area contributed by atoms with Gasteiger partial charge >= 0.3 is 5.97 Å². The Kier molecular flexibility index (Phi) is 50.5. The fourth-order valence-electron chi connectivity index (χ4n) is 9.04. The number of ether oxygens (including phenoxy) is 3. The first kappa shape index (κ1) is 73.1. The molecular formula is C68H113NO10. The molecule has 0 saturated carbocycles. The third-order valence-corrected chi connectivity index (χ3v) is 14.0. The largest absolute Gasteiger partial charge is 0.454 e. The molecule has 6 N–H and O–H groups in total. The van der Waals surface area contributed by atoms with Crippen LogP contribution in [0.5, 0.6) is 0 Å². The summed E-state index contributed by atoms with van der Waals surface area (Å²) < 4.78 is 17.6. The lowest BCUT2D eigenvalue weighted by atomic mass is 9.99. The lowest BCUT2D eigenvalue weighted by molar-refractivity contribution is -0.305. The maximum absolute atomic E-state index is 13.4. The van der Waals surface area contributed by atoms with Crippen LogP contribution in [-0.4, -0.2) is 99.6 Å². The number of aliphatic hydroxyl groups is 5. The molecule has 11 nitrogen and oxygen atoms in total. The van der Waals surface area contributed by atoms with E-state index in [1.54, 1.807) is 6.08 Å². The molecule has 11 heteroatoms. The highest BCUT2D eigenvalue weighted by Crippen LogP contribution is 2.26. The van der Waals surface area contributed by atoms with Crippen molar-refractivity contribution in [3.8, 4) is 0 Å². The number of aliphatic hydroxyl groups excluding tert-OH is 5. The molecule has 8 unspecified atom stereocenters. The minimum absolute atomic E-state index is 0.100. The van der Waals surface area contributed by atoms with Crippen LogP contribution in [0, 0.1) is 0 Å². The van der Waals surface area contributed by atoms with Gasteiger partial charge in [0, 0.05) is 6.42 Å². The molecule has 1 amide bonds. The molecule has 1 rings (SSSR count). The van der Waals surface area contributed by atoms with Gasteiger partial charge in [0.25, 0.3) is 0 Å². The van der Waals surface area contributed by atoms with Crippen molar-refractivity contribution < 1.29 is 49.3 Å². The molecule has 450 valence electrons. The first-order chi connectivity index (χ1) is 38.7. The van der Waals surface area contributed by atoms with E-state index in [-0.39, 0.29) is 19.4 Å². The van der Waals surface area contributed by atoms with Gasteiger partial charge in [-0.1, -0.05) is 258 Å². The van der Waals surface area contributed by atoms with Crippen LogP contribution >= 0.6 is 0 Å². The first-order valence-electron chi connectivity index (χ1n) is 31.4. The van der Waals surface area contributed by atoms with Crippen LogP contribution < -0.4 is 5.32 Å². The standard InChI is InChI=1S/C68H113NO10/c1-4-7-10-13-16-19-22-25-27-28-29-30-31-32-33-34-35-38-41-44-47-50-53-56-63(73)79-66-65(75)64(74)62(57-70)78-68(66)77-58-59(60(71)54-51-48-45-42-39-36-24-21-18-15-12-9-6-3)69-67(76)61(72)55-52-49-46-43-40-37-26-23-20-17-14-11-8-5-2/h7-8,10-11,14,16-17,19-20,23,25-27,29-30,32-33,37,51,54,59-62,64-66,68,70-72,74-75H,4-6,9,12-13,15,18,21-22,24,28,31,34-36,38-50,52-53,55-58H2,1-3H3,(H,69,76)/b10-7-,11-8+,17-14+,19-16-,23-20+,27-25-,30-29-,33-32-,37-26-,54-51+. The molecule has 0 spiro atoms. The Morgan fingerprint density at radius 1 is 0.519 bits per heavy atom. The van der Waals surface area contributed by atoms with Gasteiger partial charge in [0.15, 0.2) is 12.4 Å². The van der Waals surface area contributed by atoms with Gasteiger partial charge in [0.2, 0.25) is 5.91 Å². The molecule has 0 aromatic heterocycles. The minimum Gasteiger partial charge on any atom is -0.454 e. The van der Waals surface area contributed by atoms with Crippen molar-refractivity contribution in [3.63, 3.8) is 0 Å². The Morgan fingerprint density at radius 2 is 0.975 bits per heavy atom. The SMILES string of the molecule is CC/C=C\C/C=C\C/C=C\C/C=C\C/C=C\CCCCCCCCCC(=O)OC1C(OCC(NC(=O)C(O)CCCCCC\C=C/C=C/C=C/C=C/CC)C(O)/C=C/CCCCCCCCCCCCC)OC(CO)C(O)C1O. The predicted octanol–water partition coefficient (Wildman–Crippen LogP) is 15.1. The summed E-state index contributed by atoms with van der Waals surface area (Å²) in [6.07, 6.45) is 65.1. The van der Waals surface area contributed by atoms with E-state index >= 15 is 0 Å². The average Bonchev–Trinajstić information content (AvgIpc) is 3.50. The summed E-state index contributed by atoms with van der Waals surface area (Å²) in [7, 11) is 0. The number of rotatable bonds is 51. The Hall–Kier alpha value is -3.94. The summed E-state index contributed by atoms with van der Waals surface area (Å²) in [4.78, 5) is 26.6. The van der Waals surface area contributed by atoms with E-state index in [1.807, 2.05) is 42.5 Å². The zero-order valence-corrected chi connectivity index (χ0v) is 49.7. The van der Waals surface area contributed by atoms with Crippen LogP contribution in [0.2, 0.25) is 0 Å². The topological polar surface area (TPSA) is 175 Å². The van der Waals surface area contributed by atoms with Crippen molar-refractivity contribution in [1.29, 1.82) is 0 Å². The van der Waals surface area contributed by atoms with E-state index in [1.165, 1.54) is 51.4 Å². The third-order valence-electron chi connectivity index (χ3n) is 14.0. The number of allylic oxidation sites excluding steroid dienone is 19. The lowest BCUT2D eigenvalue weighted by Gasteiger charge is -2.41. The molecule has 79 heavy (non-hydrogen) atoms. The maximum atomic E-state index is 13.4. The first-order valence-corrected chi connectivity index (χ1v) is 31.4. The zero-order valence-electron chi connectivity index (χ0n) is 49.7. The van der Waals surface area contributed by atoms with Crippen LogP contribution in [0.4, 0.5) is 0 Å². The van der Waals surface area contributed by atoms with Crippen molar-refractivity contribution >= 4 is 11.9 Å². The maximum Gasteiger partial charge on any atom is 0.306 e. The number of unbranched alkanes of at least 4 members (excludes halogenated alkanes) is 22. The Labute approximate surface area is 480 Å². The molecule has 1 saturated heterocycles. The van der Waals surface area contributed by atoms with E-state index in [9.17, 15) is 35.1 Å². The summed E-state index contributed by atoms with van der Waals surface area (Å²) in [5.74, 6) is -1.24. The second kappa shape index (κ2) is 54.6. The van der Waals surface area contributed by atoms with E-state index < -0.39 is 67.4 Å². The van der Waals surface area contributed by atoms with Gasteiger partial charge in [0.1, 0.15) is 24.4 Å². The Balaban J connectivity index is 2.68. The van der Waals surface area contributed by atoms with Gasteiger partial charge in [0.05, 0.1) is 25.4 Å². The molecule has 0 aromatic rings. The van der Waals surface area contributed by atoms with Gasteiger partial charge in [-0.3, -0.25) is 9.59 Å². The highest BCUT2D eigenvalue weighted by Gasteiger charge is 2.47. The quantitative estimate of drug-likeness (QED) is 0.0149. The number of nitrogens with one attached hydrogen (secondary N) is 1. The fourth-order valence-corrected chi connectivity index (χ4v) is 9.04. The van der Waals surface area contributed by atoms with E-state index in [0.29, 0.717) is 12.8 Å². The Morgan fingerprint density at radius 3 is 1.52 bits per heavy atom. The zero-order chi connectivity index (χ0) is 57.5. The molecular weight excluding hydrogens is 991 g/mol. The molecule has 0 radical (unpaired) electrons. The number of carbonyl (C=O) groups is 2. The lowest BCUT2D eigenvalue weighted by Crippen LogP contribution is -2.61. The van der Waals surface area contributed by atoms with E-state index in [0.717, 1.165) is 135 Å². The number of hydrogen-bond acceptors (Lipinski definition) is 10. The molecule has 8 atom stereocenters. The monoisotopic (exact) mass is 1100 g/mol. The molecule has 0 aliphatic carbocycles. The summed E-state index contributed by atoms with van der Waals surface area (Å²) in [6.45, 7) is 5.50. The number of hydrogen-bond donors (Lipinski definition) is 6. The van der Waals surface area contributed by atoms with Gasteiger partial charge in [-0.15, -0.1) is 0 Å². The minimum atomic E-state index is -1.63. The normalized spacial score (nSPS) is 19.7. The third kappa shape index (κ3) is 42.6. The van der Waals surface area contributed by atoms with E-state index in [4.69, 9.17) is 14.2 Å². The highest BCUT2D eigenvalue weighted by molar-refractivity contribution is 5.80. The fraction of sp³-hybridized carbons (Fsp3) is 0.676. The number of carbonyl (C=O) groups excluding carboxylic acids is 2. The second-order valence-corrected chi connectivity index (χ2v) is 21.1. The van der Waals surface area contributed by atoms with Crippen LogP contribution in [0.1, 0.15) is 233 Å². The van der Waals surface area contributed by atoms with Crippen LogP contribution in [0.15, 0.2) is 122 Å². The molecule has 1 heterocycles. The van der Waals surface area contributed by atoms with Gasteiger partial charge < -0.3 is 45.1 Å². The number of esters is 1. The van der Waals surface area contributed by atoms with Crippen molar-refractivity contribution in [2.24, 2.45) is 0 Å². The molecule has 0 aromatic carbocycles. The molecule has 1 fully saturated rings. The molecule has 1 aliphatic heterocycles. The van der Waals surface area contributed by atoms with Crippen LogP contribution in [-0.2, 0) is 23.8 Å².